The molecule has 116 valence electrons. The minimum Gasteiger partial charge on any atom is -0.366 e. The Morgan fingerprint density at radius 1 is 1.41 bits per heavy atom. The lowest BCUT2D eigenvalue weighted by molar-refractivity contribution is -0.682. The standard InChI is InChI=1S/C15H16ClN3O2S/c1-9(10-3-2-4-11(16)7-10)18-8-13(20)19-15-12(14(17)21)5-6-22-15/h2-7,9,18H,8H2,1H3,(H2,17,21)(H,19,20)/p+1/t9-/m1/s1. The fraction of sp³-hybridized carbons (Fsp3) is 0.200. The van der Waals surface area contributed by atoms with E-state index in [0.29, 0.717) is 15.6 Å². The highest BCUT2D eigenvalue weighted by atomic mass is 35.5. The van der Waals surface area contributed by atoms with E-state index >= 15 is 0 Å². The van der Waals surface area contributed by atoms with E-state index in [9.17, 15) is 9.59 Å². The van der Waals surface area contributed by atoms with E-state index < -0.39 is 5.91 Å². The van der Waals surface area contributed by atoms with Crippen molar-refractivity contribution in [1.82, 2.24) is 0 Å². The van der Waals surface area contributed by atoms with Gasteiger partial charge in [0.1, 0.15) is 11.0 Å². The summed E-state index contributed by atoms with van der Waals surface area (Å²) in [4.78, 5) is 23.2. The van der Waals surface area contributed by atoms with Gasteiger partial charge in [0.05, 0.1) is 5.56 Å². The number of carbonyl (C=O) groups excluding carboxylic acids is 2. The summed E-state index contributed by atoms with van der Waals surface area (Å²) in [5.41, 5.74) is 6.63. The maximum absolute atomic E-state index is 12.0. The van der Waals surface area contributed by atoms with Gasteiger partial charge in [0.15, 0.2) is 6.54 Å². The van der Waals surface area contributed by atoms with Gasteiger partial charge in [-0.05, 0) is 30.5 Å². The molecular weight excluding hydrogens is 322 g/mol. The molecule has 2 rings (SSSR count). The van der Waals surface area contributed by atoms with Crippen LogP contribution in [-0.2, 0) is 4.79 Å². The summed E-state index contributed by atoms with van der Waals surface area (Å²) in [6.45, 7) is 2.24. The van der Waals surface area contributed by atoms with E-state index in [2.05, 4.69) is 5.32 Å². The highest BCUT2D eigenvalue weighted by molar-refractivity contribution is 7.14. The molecule has 5 N–H and O–H groups in total. The van der Waals surface area contributed by atoms with Gasteiger partial charge in [-0.25, -0.2) is 0 Å². The SMILES string of the molecule is C[C@@H]([NH2+]CC(=O)Nc1sccc1C(N)=O)c1cccc(Cl)c1. The van der Waals surface area contributed by atoms with E-state index in [1.165, 1.54) is 11.3 Å². The molecule has 0 spiro atoms. The summed E-state index contributed by atoms with van der Waals surface area (Å²) in [7, 11) is 0. The van der Waals surface area contributed by atoms with Gasteiger partial charge in [-0.2, -0.15) is 0 Å². The molecule has 2 amide bonds. The van der Waals surface area contributed by atoms with E-state index in [1.54, 1.807) is 11.4 Å². The van der Waals surface area contributed by atoms with Crippen LogP contribution in [0.3, 0.4) is 0 Å². The second-order valence-electron chi connectivity index (χ2n) is 4.86. The lowest BCUT2D eigenvalue weighted by Gasteiger charge is -2.11. The average Bonchev–Trinajstić information content (AvgIpc) is 2.93. The summed E-state index contributed by atoms with van der Waals surface area (Å²) in [5.74, 6) is -0.730. The molecule has 0 aliphatic carbocycles. The zero-order chi connectivity index (χ0) is 16.1. The number of thiophene rings is 1. The second-order valence-corrected chi connectivity index (χ2v) is 6.21. The van der Waals surface area contributed by atoms with Crippen LogP contribution in [0.15, 0.2) is 35.7 Å². The Morgan fingerprint density at radius 2 is 2.18 bits per heavy atom. The Labute approximate surface area is 137 Å². The van der Waals surface area contributed by atoms with Crippen molar-refractivity contribution in [3.05, 3.63) is 51.9 Å². The van der Waals surface area contributed by atoms with E-state index in [0.717, 1.165) is 5.56 Å². The molecule has 0 bridgehead atoms. The summed E-state index contributed by atoms with van der Waals surface area (Å²) < 4.78 is 0. The molecule has 1 aromatic carbocycles. The summed E-state index contributed by atoms with van der Waals surface area (Å²) in [6.07, 6.45) is 0. The van der Waals surface area contributed by atoms with Crippen molar-refractivity contribution in [2.45, 2.75) is 13.0 Å². The maximum atomic E-state index is 12.0. The number of nitrogens with two attached hydrogens (primary N) is 2. The average molecular weight is 339 g/mol. The van der Waals surface area contributed by atoms with Crippen molar-refractivity contribution in [2.75, 3.05) is 11.9 Å². The molecule has 1 aromatic heterocycles. The highest BCUT2D eigenvalue weighted by Crippen LogP contribution is 2.22. The van der Waals surface area contributed by atoms with Gasteiger partial charge >= 0.3 is 0 Å². The van der Waals surface area contributed by atoms with Gasteiger partial charge in [0, 0.05) is 10.6 Å². The Balaban J connectivity index is 1.90. The largest absolute Gasteiger partial charge is 0.366 e. The number of quaternary nitrogens is 1. The summed E-state index contributed by atoms with van der Waals surface area (Å²) in [6, 6.07) is 9.24. The molecule has 5 nitrogen and oxygen atoms in total. The maximum Gasteiger partial charge on any atom is 0.280 e. The van der Waals surface area contributed by atoms with Gasteiger partial charge in [0.25, 0.3) is 11.8 Å². The Bertz CT molecular complexity index is 687. The molecule has 0 fully saturated rings. The molecule has 0 radical (unpaired) electrons. The molecular formula is C15H17ClN3O2S+. The molecule has 0 saturated carbocycles. The Morgan fingerprint density at radius 3 is 2.86 bits per heavy atom. The fourth-order valence-corrected chi connectivity index (χ4v) is 2.99. The smallest absolute Gasteiger partial charge is 0.280 e. The number of rotatable bonds is 6. The molecule has 1 heterocycles. The number of anilines is 1. The first-order chi connectivity index (χ1) is 10.5. The minimum atomic E-state index is -0.548. The van der Waals surface area contributed by atoms with Gasteiger partial charge < -0.3 is 16.4 Å². The molecule has 2 aromatic rings. The zero-order valence-corrected chi connectivity index (χ0v) is 13.6. The predicted octanol–water partition coefficient (Wildman–Crippen LogP) is 1.76. The van der Waals surface area contributed by atoms with Crippen LogP contribution in [-0.4, -0.2) is 18.4 Å². The van der Waals surface area contributed by atoms with Crippen molar-refractivity contribution in [3.63, 3.8) is 0 Å². The molecule has 0 unspecified atom stereocenters. The van der Waals surface area contributed by atoms with Crippen LogP contribution in [0, 0.1) is 0 Å². The molecule has 7 heteroatoms. The number of amides is 2. The second kappa shape index (κ2) is 7.40. The lowest BCUT2D eigenvalue weighted by Crippen LogP contribution is -2.86. The highest BCUT2D eigenvalue weighted by Gasteiger charge is 2.15. The third-order valence-electron chi connectivity index (χ3n) is 3.21. The normalized spacial score (nSPS) is 11.9. The van der Waals surface area contributed by atoms with Crippen molar-refractivity contribution >= 4 is 39.8 Å². The van der Waals surface area contributed by atoms with Crippen LogP contribution in [0.4, 0.5) is 5.00 Å². The van der Waals surface area contributed by atoms with E-state index in [1.807, 2.05) is 36.5 Å². The van der Waals surface area contributed by atoms with Crippen molar-refractivity contribution in [1.29, 1.82) is 0 Å². The van der Waals surface area contributed by atoms with Crippen LogP contribution in [0.5, 0.6) is 0 Å². The quantitative estimate of drug-likeness (QED) is 0.749. The summed E-state index contributed by atoms with van der Waals surface area (Å²) in [5, 5.41) is 7.49. The number of carbonyl (C=O) groups is 2. The van der Waals surface area contributed by atoms with Crippen LogP contribution in [0.2, 0.25) is 5.02 Å². The monoisotopic (exact) mass is 338 g/mol. The number of nitrogens with one attached hydrogen (secondary N) is 1. The number of primary amides is 1. The van der Waals surface area contributed by atoms with Gasteiger partial charge in [-0.3, -0.25) is 9.59 Å². The first kappa shape index (κ1) is 16.5. The number of halogens is 1. The fourth-order valence-electron chi connectivity index (χ4n) is 1.99. The van der Waals surface area contributed by atoms with Crippen LogP contribution in [0.25, 0.3) is 0 Å². The molecule has 0 aliphatic rings. The lowest BCUT2D eigenvalue weighted by atomic mass is 10.1. The molecule has 22 heavy (non-hydrogen) atoms. The van der Waals surface area contributed by atoms with Crippen molar-refractivity contribution in [2.24, 2.45) is 5.73 Å². The number of benzene rings is 1. The third kappa shape index (κ3) is 4.30. The van der Waals surface area contributed by atoms with E-state index in [-0.39, 0.29) is 18.5 Å². The molecule has 1 atom stereocenters. The Kier molecular flexibility index (Phi) is 5.54. The topological polar surface area (TPSA) is 88.8 Å². The van der Waals surface area contributed by atoms with Gasteiger partial charge in [0.2, 0.25) is 0 Å². The number of hydrogen-bond acceptors (Lipinski definition) is 3. The predicted molar refractivity (Wildman–Crippen MR) is 88.1 cm³/mol. The first-order valence-corrected chi connectivity index (χ1v) is 7.99. The van der Waals surface area contributed by atoms with E-state index in [4.69, 9.17) is 17.3 Å². The van der Waals surface area contributed by atoms with Crippen LogP contribution < -0.4 is 16.4 Å². The Hall–Kier alpha value is -1.89. The zero-order valence-electron chi connectivity index (χ0n) is 12.0. The van der Waals surface area contributed by atoms with Crippen LogP contribution in [0.1, 0.15) is 28.9 Å². The number of hydrogen-bond donors (Lipinski definition) is 3. The minimum absolute atomic E-state index is 0.100. The first-order valence-electron chi connectivity index (χ1n) is 6.73. The van der Waals surface area contributed by atoms with Crippen molar-refractivity contribution < 1.29 is 14.9 Å². The molecule has 0 saturated heterocycles. The third-order valence-corrected chi connectivity index (χ3v) is 4.28. The van der Waals surface area contributed by atoms with Crippen molar-refractivity contribution in [3.8, 4) is 0 Å². The van der Waals surface area contributed by atoms with Crippen LogP contribution >= 0.6 is 22.9 Å². The molecule has 0 aliphatic heterocycles. The van der Waals surface area contributed by atoms with Gasteiger partial charge in [-0.15, -0.1) is 11.3 Å². The summed E-state index contributed by atoms with van der Waals surface area (Å²) >= 11 is 7.23. The van der Waals surface area contributed by atoms with Gasteiger partial charge in [-0.1, -0.05) is 23.7 Å².